The average molecular weight is 524 g/mol. The number of hydrogen-bond acceptors (Lipinski definition) is 7. The van der Waals surface area contributed by atoms with Gasteiger partial charge >= 0.3 is 0 Å². The lowest BCUT2D eigenvalue weighted by Gasteiger charge is -2.26. The summed E-state index contributed by atoms with van der Waals surface area (Å²) in [5, 5.41) is 21.4. The van der Waals surface area contributed by atoms with Crippen molar-refractivity contribution in [3.05, 3.63) is 114 Å². The fourth-order valence-electron chi connectivity index (χ4n) is 4.59. The van der Waals surface area contributed by atoms with Crippen molar-refractivity contribution in [1.29, 1.82) is 0 Å². The second-order valence-corrected chi connectivity index (χ2v) is 8.71. The van der Waals surface area contributed by atoms with Gasteiger partial charge in [0.2, 0.25) is 0 Å². The number of phenols is 1. The number of para-hydroxylation sites is 1. The molecule has 1 atom stereocenters. The first-order valence-corrected chi connectivity index (χ1v) is 12.1. The van der Waals surface area contributed by atoms with E-state index >= 15 is 0 Å². The quantitative estimate of drug-likeness (QED) is 0.178. The number of aliphatic hydroxyl groups is 1. The Labute approximate surface area is 224 Å². The third-order valence-electron chi connectivity index (χ3n) is 6.41. The van der Waals surface area contributed by atoms with Gasteiger partial charge in [-0.15, -0.1) is 0 Å². The van der Waals surface area contributed by atoms with Crippen LogP contribution in [0.4, 0.5) is 5.69 Å². The van der Waals surface area contributed by atoms with E-state index < -0.39 is 23.5 Å². The average Bonchev–Trinajstić information content (AvgIpc) is 3.23. The number of hydrogen-bond donors (Lipinski definition) is 2. The highest BCUT2D eigenvalue weighted by Gasteiger charge is 2.47. The van der Waals surface area contributed by atoms with Crippen molar-refractivity contribution in [3.63, 3.8) is 0 Å². The Morgan fingerprint density at radius 2 is 1.33 bits per heavy atom. The molecule has 0 bridgehead atoms. The molecular weight excluding hydrogens is 498 g/mol. The molecule has 1 aliphatic heterocycles. The molecule has 0 radical (unpaired) electrons. The second-order valence-electron chi connectivity index (χ2n) is 8.71. The van der Waals surface area contributed by atoms with Crippen LogP contribution in [-0.2, 0) is 9.59 Å². The van der Waals surface area contributed by atoms with E-state index in [1.807, 2.05) is 30.3 Å². The molecule has 0 spiro atoms. The van der Waals surface area contributed by atoms with E-state index in [1.54, 1.807) is 54.6 Å². The maximum absolute atomic E-state index is 13.5. The number of aliphatic hydroxyl groups excluding tert-OH is 1. The van der Waals surface area contributed by atoms with Crippen LogP contribution in [-0.4, -0.2) is 36.1 Å². The van der Waals surface area contributed by atoms with Crippen molar-refractivity contribution in [2.45, 2.75) is 6.04 Å². The number of carbonyl (C=O) groups is 2. The number of aromatic hydroxyl groups is 1. The first-order valence-electron chi connectivity index (χ1n) is 12.1. The Bertz CT molecular complexity index is 1520. The normalized spacial score (nSPS) is 16.3. The molecule has 1 amide bonds. The number of nitrogens with zero attached hydrogens (tertiary/aromatic N) is 1. The summed E-state index contributed by atoms with van der Waals surface area (Å²) in [5.74, 6) is -0.378. The van der Waals surface area contributed by atoms with Crippen LogP contribution in [0.25, 0.3) is 5.76 Å². The molecule has 1 heterocycles. The standard InChI is InChI=1S/C31H25NO7/c1-37-24-9-6-10-25(38-2)26(24)29(34)27-28(19-11-15-21(33)16-12-19)32(31(36)30(27)35)20-13-17-23(18-14-20)39-22-7-4-3-5-8-22/h3-18,28,33-34H,1-2H3/b29-27+. The molecule has 8 heteroatoms. The smallest absolute Gasteiger partial charge is 0.300 e. The van der Waals surface area contributed by atoms with Gasteiger partial charge in [0.15, 0.2) is 0 Å². The molecule has 4 aromatic rings. The number of phenolic OH excluding ortho intramolecular Hbond substituents is 1. The van der Waals surface area contributed by atoms with Crippen LogP contribution in [0.15, 0.2) is 103 Å². The van der Waals surface area contributed by atoms with Crippen LogP contribution in [0.1, 0.15) is 17.2 Å². The summed E-state index contributed by atoms with van der Waals surface area (Å²) in [4.78, 5) is 28.3. The summed E-state index contributed by atoms with van der Waals surface area (Å²) >= 11 is 0. The maximum atomic E-state index is 13.5. The fraction of sp³-hybridized carbons (Fsp3) is 0.0968. The topological polar surface area (TPSA) is 106 Å². The number of benzene rings is 4. The molecule has 1 unspecified atom stereocenters. The first kappa shape index (κ1) is 25.4. The molecule has 8 nitrogen and oxygen atoms in total. The van der Waals surface area contributed by atoms with Gasteiger partial charge < -0.3 is 24.4 Å². The number of ketones is 1. The van der Waals surface area contributed by atoms with Gasteiger partial charge in [0, 0.05) is 5.69 Å². The van der Waals surface area contributed by atoms with E-state index in [0.29, 0.717) is 22.7 Å². The molecule has 1 saturated heterocycles. The van der Waals surface area contributed by atoms with Crippen molar-refractivity contribution < 1.29 is 34.0 Å². The van der Waals surface area contributed by atoms with Crippen LogP contribution >= 0.6 is 0 Å². The zero-order valence-corrected chi connectivity index (χ0v) is 21.2. The molecule has 4 aromatic carbocycles. The van der Waals surface area contributed by atoms with Gasteiger partial charge in [0.25, 0.3) is 11.7 Å². The molecule has 39 heavy (non-hydrogen) atoms. The molecule has 0 aliphatic carbocycles. The Kier molecular flexibility index (Phi) is 6.93. The zero-order valence-electron chi connectivity index (χ0n) is 21.2. The van der Waals surface area contributed by atoms with Gasteiger partial charge in [-0.3, -0.25) is 14.5 Å². The first-order chi connectivity index (χ1) is 18.9. The van der Waals surface area contributed by atoms with Crippen LogP contribution in [0.2, 0.25) is 0 Å². The number of Topliss-reactive ketones (excluding diaryl/α,β-unsaturated/α-hetero) is 1. The number of carbonyl (C=O) groups excluding carboxylic acids is 2. The predicted octanol–water partition coefficient (Wildman–Crippen LogP) is 5.83. The predicted molar refractivity (Wildman–Crippen MR) is 145 cm³/mol. The monoisotopic (exact) mass is 523 g/mol. The second kappa shape index (κ2) is 10.6. The van der Waals surface area contributed by atoms with Gasteiger partial charge in [-0.05, 0) is 66.2 Å². The number of methoxy groups -OCH3 is 2. The Morgan fingerprint density at radius 3 is 1.92 bits per heavy atom. The lowest BCUT2D eigenvalue weighted by Crippen LogP contribution is -2.29. The van der Waals surface area contributed by atoms with E-state index in [9.17, 15) is 19.8 Å². The lowest BCUT2D eigenvalue weighted by atomic mass is 9.94. The van der Waals surface area contributed by atoms with Crippen molar-refractivity contribution >= 4 is 23.1 Å². The van der Waals surface area contributed by atoms with E-state index in [-0.39, 0.29) is 28.4 Å². The minimum absolute atomic E-state index is 0.0181. The summed E-state index contributed by atoms with van der Waals surface area (Å²) in [6, 6.07) is 26.0. The Morgan fingerprint density at radius 1 is 0.744 bits per heavy atom. The zero-order chi connectivity index (χ0) is 27.5. The SMILES string of the molecule is COc1cccc(OC)c1/C(O)=C1\C(=O)C(=O)N(c2ccc(Oc3ccccc3)cc2)C1c1ccc(O)cc1. The molecule has 0 saturated carbocycles. The Hall–Kier alpha value is -5.24. The summed E-state index contributed by atoms with van der Waals surface area (Å²) < 4.78 is 16.7. The summed E-state index contributed by atoms with van der Waals surface area (Å²) in [7, 11) is 2.86. The highest BCUT2D eigenvalue weighted by molar-refractivity contribution is 6.51. The van der Waals surface area contributed by atoms with Gasteiger partial charge in [-0.25, -0.2) is 0 Å². The maximum Gasteiger partial charge on any atom is 0.300 e. The molecule has 5 rings (SSSR count). The van der Waals surface area contributed by atoms with Crippen LogP contribution in [0, 0.1) is 0 Å². The van der Waals surface area contributed by atoms with Crippen molar-refractivity contribution in [1.82, 2.24) is 0 Å². The summed E-state index contributed by atoms with van der Waals surface area (Å²) in [6.07, 6.45) is 0. The third kappa shape index (κ3) is 4.75. The highest BCUT2D eigenvalue weighted by atomic mass is 16.5. The minimum Gasteiger partial charge on any atom is -0.508 e. The fourth-order valence-corrected chi connectivity index (χ4v) is 4.59. The highest BCUT2D eigenvalue weighted by Crippen LogP contribution is 2.45. The van der Waals surface area contributed by atoms with Gasteiger partial charge in [-0.2, -0.15) is 0 Å². The van der Waals surface area contributed by atoms with Crippen LogP contribution < -0.4 is 19.1 Å². The molecule has 1 aliphatic rings. The molecular formula is C31H25NO7. The van der Waals surface area contributed by atoms with Crippen LogP contribution in [0.3, 0.4) is 0 Å². The van der Waals surface area contributed by atoms with Crippen molar-refractivity contribution in [2.75, 3.05) is 19.1 Å². The summed E-state index contributed by atoms with van der Waals surface area (Å²) in [5.41, 5.74) is 0.933. The molecule has 196 valence electrons. The lowest BCUT2D eigenvalue weighted by molar-refractivity contribution is -0.132. The van der Waals surface area contributed by atoms with E-state index in [0.717, 1.165) is 0 Å². The molecule has 2 N–H and O–H groups in total. The number of amides is 1. The summed E-state index contributed by atoms with van der Waals surface area (Å²) in [6.45, 7) is 0. The van der Waals surface area contributed by atoms with Gasteiger partial charge in [0.05, 0.1) is 25.8 Å². The number of anilines is 1. The minimum atomic E-state index is -0.999. The van der Waals surface area contributed by atoms with E-state index in [4.69, 9.17) is 14.2 Å². The van der Waals surface area contributed by atoms with Gasteiger partial charge in [0.1, 0.15) is 40.1 Å². The van der Waals surface area contributed by atoms with Crippen LogP contribution in [0.5, 0.6) is 28.7 Å². The van der Waals surface area contributed by atoms with Crippen molar-refractivity contribution in [2.24, 2.45) is 0 Å². The van der Waals surface area contributed by atoms with E-state index in [1.165, 1.54) is 31.3 Å². The third-order valence-corrected chi connectivity index (χ3v) is 6.41. The Balaban J connectivity index is 1.64. The number of rotatable bonds is 7. The number of ether oxygens (including phenoxy) is 3. The largest absolute Gasteiger partial charge is 0.508 e. The molecule has 1 fully saturated rings. The molecule has 0 aromatic heterocycles. The van der Waals surface area contributed by atoms with Crippen molar-refractivity contribution in [3.8, 4) is 28.7 Å². The van der Waals surface area contributed by atoms with E-state index in [2.05, 4.69) is 0 Å². The van der Waals surface area contributed by atoms with Gasteiger partial charge in [-0.1, -0.05) is 36.4 Å².